The predicted octanol–water partition coefficient (Wildman–Crippen LogP) is 4.40. The van der Waals surface area contributed by atoms with E-state index in [4.69, 9.17) is 0 Å². The van der Waals surface area contributed by atoms with Gasteiger partial charge in [0.05, 0.1) is 0 Å². The van der Waals surface area contributed by atoms with Crippen molar-refractivity contribution in [2.75, 3.05) is 0 Å². The summed E-state index contributed by atoms with van der Waals surface area (Å²) in [6, 6.07) is 8.77. The smallest absolute Gasteiger partial charge is 0.0303 e. The van der Waals surface area contributed by atoms with Gasteiger partial charge in [-0.3, -0.25) is 0 Å². The van der Waals surface area contributed by atoms with Crippen molar-refractivity contribution < 1.29 is 0 Å². The van der Waals surface area contributed by atoms with E-state index in [1.807, 2.05) is 22.7 Å². The molecule has 2 aromatic heterocycles. The molecule has 17 heavy (non-hydrogen) atoms. The summed E-state index contributed by atoms with van der Waals surface area (Å²) in [5.41, 5.74) is 0.274. The lowest BCUT2D eigenvalue weighted by atomic mass is 9.95. The van der Waals surface area contributed by atoms with E-state index in [1.165, 1.54) is 14.6 Å². The lowest BCUT2D eigenvalue weighted by molar-refractivity contribution is 0.604. The van der Waals surface area contributed by atoms with Gasteiger partial charge >= 0.3 is 0 Å². The number of hydrogen-bond donors (Lipinski definition) is 1. The molecule has 1 N–H and O–H groups in total. The molecule has 1 nitrogen and oxygen atoms in total. The Morgan fingerprint density at radius 3 is 2.41 bits per heavy atom. The highest BCUT2D eigenvalue weighted by atomic mass is 32.1. The normalized spacial score (nSPS) is 11.9. The van der Waals surface area contributed by atoms with Gasteiger partial charge in [-0.15, -0.1) is 22.7 Å². The zero-order chi connectivity index (χ0) is 12.3. The van der Waals surface area contributed by atoms with Gasteiger partial charge in [-0.25, -0.2) is 0 Å². The van der Waals surface area contributed by atoms with Crippen LogP contribution in [0.2, 0.25) is 0 Å². The Morgan fingerprint density at radius 1 is 1.06 bits per heavy atom. The summed E-state index contributed by atoms with van der Waals surface area (Å²) in [4.78, 5) is 4.29. The average Bonchev–Trinajstić information content (AvgIpc) is 2.86. The van der Waals surface area contributed by atoms with E-state index in [0.717, 1.165) is 13.1 Å². The van der Waals surface area contributed by atoms with E-state index in [-0.39, 0.29) is 5.41 Å². The summed E-state index contributed by atoms with van der Waals surface area (Å²) in [6.07, 6.45) is 0. The topological polar surface area (TPSA) is 12.0 Å². The van der Waals surface area contributed by atoms with Crippen molar-refractivity contribution in [2.45, 2.75) is 39.3 Å². The molecule has 0 aromatic carbocycles. The van der Waals surface area contributed by atoms with E-state index in [9.17, 15) is 0 Å². The van der Waals surface area contributed by atoms with Gasteiger partial charge in [0, 0.05) is 27.7 Å². The first-order valence-corrected chi connectivity index (χ1v) is 7.57. The molecular formula is C14H19NS2. The second kappa shape index (κ2) is 5.34. The average molecular weight is 265 g/mol. The zero-order valence-electron chi connectivity index (χ0n) is 10.6. The molecule has 2 aromatic rings. The van der Waals surface area contributed by atoms with Crippen LogP contribution in [-0.4, -0.2) is 0 Å². The fourth-order valence-electron chi connectivity index (χ4n) is 1.60. The number of rotatable bonds is 4. The highest BCUT2D eigenvalue weighted by molar-refractivity contribution is 7.12. The lowest BCUT2D eigenvalue weighted by Crippen LogP contribution is -2.10. The van der Waals surface area contributed by atoms with Crippen LogP contribution in [0.1, 0.15) is 35.4 Å². The molecule has 0 unspecified atom stereocenters. The van der Waals surface area contributed by atoms with Crippen molar-refractivity contribution in [3.05, 3.63) is 44.3 Å². The number of thiophene rings is 2. The largest absolute Gasteiger partial charge is 0.307 e. The maximum atomic E-state index is 3.49. The summed E-state index contributed by atoms with van der Waals surface area (Å²) < 4.78 is 0. The van der Waals surface area contributed by atoms with Gasteiger partial charge < -0.3 is 5.32 Å². The highest BCUT2D eigenvalue weighted by Crippen LogP contribution is 2.29. The second-order valence-electron chi connectivity index (χ2n) is 5.20. The summed E-state index contributed by atoms with van der Waals surface area (Å²) in [6.45, 7) is 8.74. The summed E-state index contributed by atoms with van der Waals surface area (Å²) in [7, 11) is 0. The lowest BCUT2D eigenvalue weighted by Gasteiger charge is -2.15. The summed E-state index contributed by atoms with van der Waals surface area (Å²) >= 11 is 3.73. The Bertz CT molecular complexity index is 449. The van der Waals surface area contributed by atoms with Gasteiger partial charge in [0.25, 0.3) is 0 Å². The third-order valence-electron chi connectivity index (χ3n) is 2.58. The molecule has 0 aliphatic rings. The van der Waals surface area contributed by atoms with Crippen molar-refractivity contribution in [3.63, 3.8) is 0 Å². The van der Waals surface area contributed by atoms with Crippen LogP contribution in [0, 0.1) is 0 Å². The molecular weight excluding hydrogens is 246 g/mol. The minimum absolute atomic E-state index is 0.274. The molecule has 0 amide bonds. The number of hydrogen-bond acceptors (Lipinski definition) is 3. The first-order chi connectivity index (χ1) is 8.05. The molecule has 0 saturated carbocycles. The van der Waals surface area contributed by atoms with Crippen LogP contribution in [0.15, 0.2) is 29.6 Å². The molecule has 0 saturated heterocycles. The molecule has 92 valence electrons. The van der Waals surface area contributed by atoms with Crippen molar-refractivity contribution in [1.29, 1.82) is 0 Å². The van der Waals surface area contributed by atoms with Crippen LogP contribution in [0.5, 0.6) is 0 Å². The van der Waals surface area contributed by atoms with Crippen molar-refractivity contribution >= 4 is 22.7 Å². The molecule has 0 spiro atoms. The molecule has 0 fully saturated rings. The minimum atomic E-state index is 0.274. The Kier molecular flexibility index (Phi) is 4.02. The molecule has 0 atom stereocenters. The van der Waals surface area contributed by atoms with Gasteiger partial charge in [-0.2, -0.15) is 0 Å². The fourth-order valence-corrected chi connectivity index (χ4v) is 3.31. The van der Waals surface area contributed by atoms with Crippen molar-refractivity contribution in [3.8, 4) is 0 Å². The molecule has 3 heteroatoms. The number of nitrogens with one attached hydrogen (secondary N) is 1. The first-order valence-electron chi connectivity index (χ1n) is 5.88. The Morgan fingerprint density at radius 2 is 1.82 bits per heavy atom. The minimum Gasteiger partial charge on any atom is -0.307 e. The van der Waals surface area contributed by atoms with Crippen LogP contribution in [-0.2, 0) is 18.5 Å². The molecule has 2 rings (SSSR count). The Hall–Kier alpha value is -0.640. The fraction of sp³-hybridized carbons (Fsp3) is 0.429. The van der Waals surface area contributed by atoms with Gasteiger partial charge in [0.1, 0.15) is 0 Å². The van der Waals surface area contributed by atoms with Gasteiger partial charge in [0.2, 0.25) is 0 Å². The third kappa shape index (κ3) is 3.66. The Labute approximate surface area is 112 Å². The molecule has 0 aliphatic heterocycles. The predicted molar refractivity (Wildman–Crippen MR) is 77.9 cm³/mol. The monoisotopic (exact) mass is 265 g/mol. The van der Waals surface area contributed by atoms with E-state index in [1.54, 1.807) is 0 Å². The molecule has 0 aliphatic carbocycles. The molecule has 0 radical (unpaired) electrons. The highest BCUT2D eigenvalue weighted by Gasteiger charge is 2.15. The van der Waals surface area contributed by atoms with Crippen LogP contribution in [0.3, 0.4) is 0 Å². The first kappa shape index (κ1) is 12.8. The van der Waals surface area contributed by atoms with Crippen LogP contribution in [0.4, 0.5) is 0 Å². The standard InChI is InChI=1S/C14H19NS2/c1-14(2,3)13-7-6-12(17-13)10-15-9-11-5-4-8-16-11/h4-8,15H,9-10H2,1-3H3. The second-order valence-corrected chi connectivity index (χ2v) is 7.40. The van der Waals surface area contributed by atoms with Crippen LogP contribution in [0.25, 0.3) is 0 Å². The van der Waals surface area contributed by atoms with E-state index in [2.05, 4.69) is 55.7 Å². The zero-order valence-corrected chi connectivity index (χ0v) is 12.3. The molecule has 2 heterocycles. The van der Waals surface area contributed by atoms with Crippen molar-refractivity contribution in [1.82, 2.24) is 5.32 Å². The van der Waals surface area contributed by atoms with E-state index < -0.39 is 0 Å². The van der Waals surface area contributed by atoms with Gasteiger partial charge in [-0.1, -0.05) is 26.8 Å². The maximum Gasteiger partial charge on any atom is 0.0303 e. The SMILES string of the molecule is CC(C)(C)c1ccc(CNCc2cccs2)s1. The van der Waals surface area contributed by atoms with Gasteiger partial charge in [-0.05, 0) is 29.0 Å². The van der Waals surface area contributed by atoms with Crippen LogP contribution < -0.4 is 5.32 Å². The van der Waals surface area contributed by atoms with Crippen molar-refractivity contribution in [2.24, 2.45) is 0 Å². The Balaban J connectivity index is 1.85. The maximum absolute atomic E-state index is 3.49. The summed E-state index contributed by atoms with van der Waals surface area (Å²) in [5.74, 6) is 0. The quantitative estimate of drug-likeness (QED) is 0.864. The van der Waals surface area contributed by atoms with Crippen LogP contribution >= 0.6 is 22.7 Å². The van der Waals surface area contributed by atoms with E-state index >= 15 is 0 Å². The van der Waals surface area contributed by atoms with Gasteiger partial charge in [0.15, 0.2) is 0 Å². The summed E-state index contributed by atoms with van der Waals surface area (Å²) in [5, 5.41) is 5.61. The molecule has 0 bridgehead atoms. The third-order valence-corrected chi connectivity index (χ3v) is 4.97. The van der Waals surface area contributed by atoms with E-state index in [0.29, 0.717) is 0 Å².